The first-order chi connectivity index (χ1) is 13.2. The Morgan fingerprint density at radius 1 is 1.11 bits per heavy atom. The largest absolute Gasteiger partial charge is 0.326 e. The summed E-state index contributed by atoms with van der Waals surface area (Å²) in [5, 5.41) is 0. The van der Waals surface area contributed by atoms with E-state index in [1.807, 2.05) is 11.0 Å². The monoisotopic (exact) mass is 404 g/mol. The van der Waals surface area contributed by atoms with Crippen LogP contribution in [0.4, 0.5) is 14.5 Å². The number of rotatable bonds is 6. The molecule has 2 aromatic carbocycles. The van der Waals surface area contributed by atoms with Crippen molar-refractivity contribution in [1.82, 2.24) is 0 Å². The third kappa shape index (κ3) is 4.14. The fraction of sp³-hybridized carbons (Fsp3) is 0.286. The van der Waals surface area contributed by atoms with Gasteiger partial charge in [-0.3, -0.25) is 0 Å². The summed E-state index contributed by atoms with van der Waals surface area (Å²) in [6, 6.07) is 8.04. The lowest BCUT2D eigenvalue weighted by atomic mass is 10.1. The van der Waals surface area contributed by atoms with Crippen LogP contribution in [0, 0.1) is 18.6 Å². The van der Waals surface area contributed by atoms with Crippen molar-refractivity contribution in [1.29, 1.82) is 0 Å². The molecule has 0 bridgehead atoms. The van der Waals surface area contributed by atoms with Crippen molar-refractivity contribution in [3.63, 3.8) is 0 Å². The summed E-state index contributed by atoms with van der Waals surface area (Å²) in [5.41, 5.74) is 2.29. The Morgan fingerprint density at radius 3 is 2.57 bits per heavy atom. The molecule has 0 aromatic heterocycles. The molecule has 1 aliphatic heterocycles. The van der Waals surface area contributed by atoms with Crippen molar-refractivity contribution in [2.24, 2.45) is 4.99 Å². The SMILES string of the molecule is C=C1N=Cc2cc(CS(=O)(=O)Cc3ccc(C)c(F)c3F)ccc2N1CCC. The molecule has 1 aliphatic rings. The first-order valence-corrected chi connectivity index (χ1v) is 10.8. The zero-order valence-corrected chi connectivity index (χ0v) is 16.7. The lowest BCUT2D eigenvalue weighted by Gasteiger charge is -2.28. The van der Waals surface area contributed by atoms with Crippen molar-refractivity contribution in [3.05, 3.63) is 76.6 Å². The second kappa shape index (κ2) is 7.83. The summed E-state index contributed by atoms with van der Waals surface area (Å²) >= 11 is 0. The predicted octanol–water partition coefficient (Wildman–Crippen LogP) is 4.51. The van der Waals surface area contributed by atoms with Crippen LogP contribution in [0.5, 0.6) is 0 Å². The molecule has 0 saturated carbocycles. The van der Waals surface area contributed by atoms with E-state index in [2.05, 4.69) is 18.5 Å². The molecule has 148 valence electrons. The molecule has 0 unspecified atom stereocenters. The number of halogens is 2. The predicted molar refractivity (Wildman–Crippen MR) is 108 cm³/mol. The molecular formula is C21H22F2N2O2S. The zero-order chi connectivity index (χ0) is 20.5. The van der Waals surface area contributed by atoms with Crippen LogP contribution in [0.2, 0.25) is 0 Å². The highest BCUT2D eigenvalue weighted by Crippen LogP contribution is 2.29. The van der Waals surface area contributed by atoms with Crippen molar-refractivity contribution in [2.75, 3.05) is 11.4 Å². The second-order valence-electron chi connectivity index (χ2n) is 6.92. The van der Waals surface area contributed by atoms with E-state index in [1.54, 1.807) is 18.3 Å². The molecule has 0 aliphatic carbocycles. The van der Waals surface area contributed by atoms with Crippen LogP contribution in [-0.4, -0.2) is 21.2 Å². The standard InChI is InChI=1S/C21H22F2N2O2S/c1-4-9-25-15(3)24-11-18-10-16(6-8-19(18)25)12-28(26,27)13-17-7-5-14(2)20(22)21(17)23/h5-8,10-11H,3-4,9,12-13H2,1-2H3. The molecule has 28 heavy (non-hydrogen) atoms. The zero-order valence-electron chi connectivity index (χ0n) is 15.9. The molecule has 0 saturated heterocycles. The van der Waals surface area contributed by atoms with Crippen molar-refractivity contribution in [2.45, 2.75) is 31.8 Å². The second-order valence-corrected chi connectivity index (χ2v) is 8.99. The Balaban J connectivity index is 1.84. The van der Waals surface area contributed by atoms with Crippen LogP contribution in [0.25, 0.3) is 0 Å². The van der Waals surface area contributed by atoms with Gasteiger partial charge < -0.3 is 4.90 Å². The Morgan fingerprint density at radius 2 is 1.86 bits per heavy atom. The summed E-state index contributed by atoms with van der Waals surface area (Å²) in [4.78, 5) is 6.26. The van der Waals surface area contributed by atoms with E-state index in [0.717, 1.165) is 24.2 Å². The van der Waals surface area contributed by atoms with Gasteiger partial charge in [0.2, 0.25) is 0 Å². The highest BCUT2D eigenvalue weighted by atomic mass is 32.2. The van der Waals surface area contributed by atoms with Crippen LogP contribution in [-0.2, 0) is 21.3 Å². The Hall–Kier alpha value is -2.54. The molecule has 2 aromatic rings. The fourth-order valence-electron chi connectivity index (χ4n) is 3.21. The summed E-state index contributed by atoms with van der Waals surface area (Å²) in [6.45, 7) is 8.18. The van der Waals surface area contributed by atoms with Gasteiger partial charge in [-0.15, -0.1) is 0 Å². The van der Waals surface area contributed by atoms with Gasteiger partial charge in [0.15, 0.2) is 21.5 Å². The average molecular weight is 404 g/mol. The van der Waals surface area contributed by atoms with Crippen molar-refractivity contribution >= 4 is 21.7 Å². The van der Waals surface area contributed by atoms with Crippen LogP contribution in [0.3, 0.4) is 0 Å². The van der Waals surface area contributed by atoms with E-state index in [1.165, 1.54) is 19.1 Å². The first-order valence-electron chi connectivity index (χ1n) is 8.99. The summed E-state index contributed by atoms with van der Waals surface area (Å²) in [7, 11) is -3.68. The number of benzene rings is 2. The lowest BCUT2D eigenvalue weighted by Crippen LogP contribution is -2.25. The maximum Gasteiger partial charge on any atom is 0.163 e. The van der Waals surface area contributed by atoms with Crippen molar-refractivity contribution < 1.29 is 17.2 Å². The Labute approximate surface area is 164 Å². The van der Waals surface area contributed by atoms with Crippen molar-refractivity contribution in [3.8, 4) is 0 Å². The average Bonchev–Trinajstić information content (AvgIpc) is 2.64. The molecule has 0 N–H and O–H groups in total. The van der Waals surface area contributed by atoms with Gasteiger partial charge in [-0.25, -0.2) is 22.2 Å². The number of hydrogen-bond donors (Lipinski definition) is 0. The molecule has 1 heterocycles. The van der Waals surface area contributed by atoms with E-state index in [4.69, 9.17) is 0 Å². The van der Waals surface area contributed by atoms with Gasteiger partial charge in [0.05, 0.1) is 17.2 Å². The summed E-state index contributed by atoms with van der Waals surface area (Å²) in [6.07, 6.45) is 2.58. The minimum atomic E-state index is -3.68. The smallest absolute Gasteiger partial charge is 0.163 e. The fourth-order valence-corrected chi connectivity index (χ4v) is 4.69. The quantitative estimate of drug-likeness (QED) is 0.712. The highest BCUT2D eigenvalue weighted by molar-refractivity contribution is 7.89. The summed E-state index contributed by atoms with van der Waals surface area (Å²) < 4.78 is 52.9. The minimum absolute atomic E-state index is 0.144. The van der Waals surface area contributed by atoms with Crippen LogP contribution < -0.4 is 4.90 Å². The van der Waals surface area contributed by atoms with Crippen LogP contribution in [0.15, 0.2) is 47.7 Å². The minimum Gasteiger partial charge on any atom is -0.326 e. The number of nitrogens with zero attached hydrogens (tertiary/aromatic N) is 2. The molecule has 0 radical (unpaired) electrons. The topological polar surface area (TPSA) is 49.7 Å². The molecule has 0 atom stereocenters. The molecular weight excluding hydrogens is 382 g/mol. The number of hydrogen-bond acceptors (Lipinski definition) is 4. The maximum absolute atomic E-state index is 14.0. The van der Waals surface area contributed by atoms with E-state index >= 15 is 0 Å². The van der Waals surface area contributed by atoms with E-state index in [9.17, 15) is 17.2 Å². The number of aliphatic imine (C=N–C) groups is 1. The van der Waals surface area contributed by atoms with Gasteiger partial charge in [0.25, 0.3) is 0 Å². The van der Waals surface area contributed by atoms with Gasteiger partial charge >= 0.3 is 0 Å². The summed E-state index contributed by atoms with van der Waals surface area (Å²) in [5.74, 6) is -2.28. The lowest BCUT2D eigenvalue weighted by molar-refractivity contribution is 0.495. The van der Waals surface area contributed by atoms with Gasteiger partial charge in [-0.05, 0) is 36.6 Å². The maximum atomic E-state index is 14.0. The van der Waals surface area contributed by atoms with Gasteiger partial charge in [-0.2, -0.15) is 0 Å². The number of anilines is 1. The van der Waals surface area contributed by atoms with Crippen LogP contribution in [0.1, 0.15) is 35.6 Å². The first kappa shape index (κ1) is 20.2. The molecule has 7 heteroatoms. The Kier molecular flexibility index (Phi) is 5.65. The highest BCUT2D eigenvalue weighted by Gasteiger charge is 2.21. The molecule has 0 amide bonds. The van der Waals surface area contributed by atoms with Crippen LogP contribution >= 0.6 is 0 Å². The molecule has 3 rings (SSSR count). The molecule has 4 nitrogen and oxygen atoms in total. The molecule has 0 spiro atoms. The normalized spacial score (nSPS) is 13.7. The number of fused-ring (bicyclic) bond motifs is 1. The van der Waals surface area contributed by atoms with Gasteiger partial charge in [-0.1, -0.05) is 31.7 Å². The third-order valence-electron chi connectivity index (χ3n) is 4.61. The molecule has 0 fully saturated rings. The third-order valence-corrected chi connectivity index (χ3v) is 6.14. The number of aryl methyl sites for hydroxylation is 1. The van der Waals surface area contributed by atoms with Gasteiger partial charge in [0.1, 0.15) is 5.82 Å². The van der Waals surface area contributed by atoms with E-state index in [0.29, 0.717) is 11.4 Å². The number of sulfone groups is 1. The van der Waals surface area contributed by atoms with Gasteiger partial charge in [0, 0.05) is 23.9 Å². The Bertz CT molecular complexity index is 1060. The van der Waals surface area contributed by atoms with E-state index < -0.39 is 27.2 Å². The van der Waals surface area contributed by atoms with E-state index in [-0.39, 0.29) is 16.9 Å².